The van der Waals surface area contributed by atoms with Crippen LogP contribution in [0.4, 0.5) is 5.69 Å². The molecule has 0 aliphatic rings. The number of thiocarbonyl (C=S) groups is 1. The second-order valence-corrected chi connectivity index (χ2v) is 5.67. The SMILES string of the molecule is CCOc1cccc(NC(=S)NCCCc2ccccc2OC)c1. The summed E-state index contributed by atoms with van der Waals surface area (Å²) in [6.45, 7) is 3.41. The van der Waals surface area contributed by atoms with E-state index in [2.05, 4.69) is 16.7 Å². The van der Waals surface area contributed by atoms with E-state index in [1.807, 2.05) is 49.4 Å². The molecule has 0 aliphatic carbocycles. The van der Waals surface area contributed by atoms with Gasteiger partial charge in [0, 0.05) is 18.3 Å². The Kier molecular flexibility index (Phi) is 7.36. The molecule has 5 heteroatoms. The number of hydrogen-bond donors (Lipinski definition) is 2. The van der Waals surface area contributed by atoms with Crippen LogP contribution in [0, 0.1) is 0 Å². The van der Waals surface area contributed by atoms with E-state index in [1.54, 1.807) is 7.11 Å². The number of methoxy groups -OCH3 is 1. The first-order valence-electron chi connectivity index (χ1n) is 8.12. The van der Waals surface area contributed by atoms with Crippen molar-refractivity contribution >= 4 is 23.0 Å². The molecule has 0 saturated heterocycles. The van der Waals surface area contributed by atoms with E-state index in [1.165, 1.54) is 5.56 Å². The average molecular weight is 344 g/mol. The quantitative estimate of drug-likeness (QED) is 0.559. The second-order valence-electron chi connectivity index (χ2n) is 5.26. The molecule has 0 radical (unpaired) electrons. The maximum atomic E-state index is 5.48. The molecule has 4 nitrogen and oxygen atoms in total. The first-order valence-corrected chi connectivity index (χ1v) is 8.53. The summed E-state index contributed by atoms with van der Waals surface area (Å²) in [5.41, 5.74) is 2.13. The highest BCUT2D eigenvalue weighted by Crippen LogP contribution is 2.19. The highest BCUT2D eigenvalue weighted by atomic mass is 32.1. The maximum absolute atomic E-state index is 5.48. The van der Waals surface area contributed by atoms with Crippen molar-refractivity contribution in [3.63, 3.8) is 0 Å². The molecule has 2 aromatic rings. The lowest BCUT2D eigenvalue weighted by atomic mass is 10.1. The third kappa shape index (κ3) is 5.74. The van der Waals surface area contributed by atoms with Crippen LogP contribution in [-0.2, 0) is 6.42 Å². The summed E-state index contributed by atoms with van der Waals surface area (Å²) in [7, 11) is 1.70. The van der Waals surface area contributed by atoms with Crippen LogP contribution in [-0.4, -0.2) is 25.4 Å². The van der Waals surface area contributed by atoms with Crippen molar-refractivity contribution < 1.29 is 9.47 Å². The summed E-state index contributed by atoms with van der Waals surface area (Å²) in [4.78, 5) is 0. The van der Waals surface area contributed by atoms with Gasteiger partial charge in [0.05, 0.1) is 13.7 Å². The maximum Gasteiger partial charge on any atom is 0.170 e. The number of aryl methyl sites for hydroxylation is 1. The Bertz CT molecular complexity index is 661. The molecular formula is C19H24N2O2S. The minimum absolute atomic E-state index is 0.615. The van der Waals surface area contributed by atoms with E-state index >= 15 is 0 Å². The van der Waals surface area contributed by atoms with Gasteiger partial charge < -0.3 is 20.1 Å². The zero-order valence-corrected chi connectivity index (χ0v) is 15.0. The van der Waals surface area contributed by atoms with Crippen LogP contribution in [0.1, 0.15) is 18.9 Å². The molecule has 2 rings (SSSR count). The van der Waals surface area contributed by atoms with Crippen LogP contribution in [0.2, 0.25) is 0 Å². The number of benzene rings is 2. The van der Waals surface area contributed by atoms with E-state index in [-0.39, 0.29) is 0 Å². The van der Waals surface area contributed by atoms with Crippen LogP contribution in [0.15, 0.2) is 48.5 Å². The van der Waals surface area contributed by atoms with E-state index in [9.17, 15) is 0 Å². The van der Waals surface area contributed by atoms with Crippen molar-refractivity contribution in [2.24, 2.45) is 0 Å². The molecule has 0 saturated carbocycles. The minimum atomic E-state index is 0.615. The van der Waals surface area contributed by atoms with Gasteiger partial charge in [0.15, 0.2) is 5.11 Å². The fourth-order valence-electron chi connectivity index (χ4n) is 2.40. The summed E-state index contributed by atoms with van der Waals surface area (Å²) in [5.74, 6) is 1.77. The smallest absolute Gasteiger partial charge is 0.170 e. The summed E-state index contributed by atoms with van der Waals surface area (Å²) in [6, 6.07) is 15.9. The van der Waals surface area contributed by atoms with E-state index in [0.717, 1.165) is 36.6 Å². The van der Waals surface area contributed by atoms with Gasteiger partial charge in [0.1, 0.15) is 11.5 Å². The molecule has 0 aliphatic heterocycles. The molecule has 0 unspecified atom stereocenters. The monoisotopic (exact) mass is 344 g/mol. The Labute approximate surface area is 149 Å². The normalized spacial score (nSPS) is 10.1. The summed E-state index contributed by atoms with van der Waals surface area (Å²) >= 11 is 5.33. The Morgan fingerprint density at radius 3 is 2.75 bits per heavy atom. The molecule has 2 N–H and O–H groups in total. The zero-order valence-electron chi connectivity index (χ0n) is 14.2. The van der Waals surface area contributed by atoms with Gasteiger partial charge in [-0.15, -0.1) is 0 Å². The number of anilines is 1. The molecule has 2 aromatic carbocycles. The Morgan fingerprint density at radius 1 is 1.12 bits per heavy atom. The van der Waals surface area contributed by atoms with Gasteiger partial charge >= 0.3 is 0 Å². The van der Waals surface area contributed by atoms with Crippen LogP contribution in [0.3, 0.4) is 0 Å². The number of rotatable bonds is 8. The van der Waals surface area contributed by atoms with Gasteiger partial charge in [-0.25, -0.2) is 0 Å². The van der Waals surface area contributed by atoms with Crippen LogP contribution >= 0.6 is 12.2 Å². The molecule has 0 amide bonds. The predicted molar refractivity (Wildman–Crippen MR) is 103 cm³/mol. The number of ether oxygens (including phenoxy) is 2. The molecule has 24 heavy (non-hydrogen) atoms. The molecular weight excluding hydrogens is 320 g/mol. The topological polar surface area (TPSA) is 42.5 Å². The van der Waals surface area contributed by atoms with Gasteiger partial charge in [-0.1, -0.05) is 24.3 Å². The van der Waals surface area contributed by atoms with Crippen LogP contribution < -0.4 is 20.1 Å². The van der Waals surface area contributed by atoms with Gasteiger partial charge in [-0.3, -0.25) is 0 Å². The lowest BCUT2D eigenvalue weighted by Gasteiger charge is -2.12. The Hall–Kier alpha value is -2.27. The molecule has 0 bridgehead atoms. The highest BCUT2D eigenvalue weighted by Gasteiger charge is 2.02. The van der Waals surface area contributed by atoms with Gasteiger partial charge in [0.2, 0.25) is 0 Å². The summed E-state index contributed by atoms with van der Waals surface area (Å²) < 4.78 is 10.8. The molecule has 0 atom stereocenters. The lowest BCUT2D eigenvalue weighted by molar-refractivity contribution is 0.340. The summed E-state index contributed by atoms with van der Waals surface area (Å²) in [5, 5.41) is 7.02. The third-order valence-electron chi connectivity index (χ3n) is 3.50. The lowest BCUT2D eigenvalue weighted by Crippen LogP contribution is -2.29. The molecule has 0 spiro atoms. The zero-order chi connectivity index (χ0) is 17.2. The van der Waals surface area contributed by atoms with E-state index in [4.69, 9.17) is 21.7 Å². The van der Waals surface area contributed by atoms with Crippen molar-refractivity contribution in [2.45, 2.75) is 19.8 Å². The van der Waals surface area contributed by atoms with Crippen molar-refractivity contribution in [1.29, 1.82) is 0 Å². The molecule has 0 heterocycles. The Balaban J connectivity index is 1.74. The Morgan fingerprint density at radius 2 is 1.96 bits per heavy atom. The molecule has 128 valence electrons. The average Bonchev–Trinajstić information content (AvgIpc) is 2.59. The largest absolute Gasteiger partial charge is 0.496 e. The first kappa shape index (κ1) is 18.1. The summed E-state index contributed by atoms with van der Waals surface area (Å²) in [6.07, 6.45) is 1.92. The third-order valence-corrected chi connectivity index (χ3v) is 3.75. The van der Waals surface area contributed by atoms with Crippen LogP contribution in [0.25, 0.3) is 0 Å². The van der Waals surface area contributed by atoms with Crippen molar-refractivity contribution in [3.8, 4) is 11.5 Å². The molecule has 0 aromatic heterocycles. The predicted octanol–water partition coefficient (Wildman–Crippen LogP) is 4.01. The number of hydrogen-bond acceptors (Lipinski definition) is 3. The van der Waals surface area contributed by atoms with Gasteiger partial charge in [0.25, 0.3) is 0 Å². The fourth-order valence-corrected chi connectivity index (χ4v) is 2.62. The second kappa shape index (κ2) is 9.78. The van der Waals surface area contributed by atoms with Crippen molar-refractivity contribution in [1.82, 2.24) is 5.32 Å². The van der Waals surface area contributed by atoms with Gasteiger partial charge in [-0.2, -0.15) is 0 Å². The van der Waals surface area contributed by atoms with Crippen molar-refractivity contribution in [3.05, 3.63) is 54.1 Å². The number of nitrogens with one attached hydrogen (secondary N) is 2. The van der Waals surface area contributed by atoms with Crippen molar-refractivity contribution in [2.75, 3.05) is 25.6 Å². The molecule has 0 fully saturated rings. The standard InChI is InChI=1S/C19H24N2O2S/c1-3-23-17-11-6-10-16(14-17)21-19(24)20-13-7-9-15-8-4-5-12-18(15)22-2/h4-6,8,10-12,14H,3,7,9,13H2,1-2H3,(H2,20,21,24). The highest BCUT2D eigenvalue weighted by molar-refractivity contribution is 7.80. The minimum Gasteiger partial charge on any atom is -0.496 e. The fraction of sp³-hybridized carbons (Fsp3) is 0.316. The first-order chi connectivity index (χ1) is 11.7. The number of para-hydroxylation sites is 1. The van der Waals surface area contributed by atoms with Gasteiger partial charge in [-0.05, 0) is 55.7 Å². The van der Waals surface area contributed by atoms with E-state index in [0.29, 0.717) is 11.7 Å². The van der Waals surface area contributed by atoms with Crippen LogP contribution in [0.5, 0.6) is 11.5 Å². The van der Waals surface area contributed by atoms with E-state index < -0.39 is 0 Å².